The van der Waals surface area contributed by atoms with Crippen LogP contribution in [0.5, 0.6) is 0 Å². The van der Waals surface area contributed by atoms with Gasteiger partial charge >= 0.3 is 0 Å². The van der Waals surface area contributed by atoms with Crippen molar-refractivity contribution < 1.29 is 0 Å². The predicted octanol–water partition coefficient (Wildman–Crippen LogP) is 3.18. The lowest BCUT2D eigenvalue weighted by Gasteiger charge is -2.27. The molecular formula is C22H21N5O. The number of hydrogen-bond acceptors (Lipinski definition) is 4. The van der Waals surface area contributed by atoms with Gasteiger partial charge in [0.05, 0.1) is 5.69 Å². The maximum Gasteiger partial charge on any atom is 0.254 e. The van der Waals surface area contributed by atoms with Crippen molar-refractivity contribution in [2.45, 2.75) is 26.4 Å². The fourth-order valence-electron chi connectivity index (χ4n) is 3.86. The van der Waals surface area contributed by atoms with Gasteiger partial charge in [0.2, 0.25) is 0 Å². The first-order valence-electron chi connectivity index (χ1n) is 9.50. The first kappa shape index (κ1) is 16.9. The molecule has 0 amide bonds. The first-order chi connectivity index (χ1) is 13.7. The van der Waals surface area contributed by atoms with E-state index in [9.17, 15) is 4.79 Å². The summed E-state index contributed by atoms with van der Waals surface area (Å²) in [7, 11) is 0. The first-order valence-corrected chi connectivity index (χ1v) is 9.50. The van der Waals surface area contributed by atoms with Crippen LogP contribution in [0.2, 0.25) is 0 Å². The minimum absolute atomic E-state index is 0.0171. The highest BCUT2D eigenvalue weighted by Gasteiger charge is 2.22. The van der Waals surface area contributed by atoms with Crippen LogP contribution in [0.15, 0.2) is 53.6 Å². The number of nitrogens with one attached hydrogen (secondary N) is 2. The maximum absolute atomic E-state index is 12.6. The van der Waals surface area contributed by atoms with Crippen LogP contribution in [-0.4, -0.2) is 31.4 Å². The van der Waals surface area contributed by atoms with Gasteiger partial charge in [-0.1, -0.05) is 29.8 Å². The van der Waals surface area contributed by atoms with Gasteiger partial charge in [-0.3, -0.25) is 9.69 Å². The second kappa shape index (κ2) is 6.73. The Labute approximate surface area is 162 Å². The number of nitrogens with zero attached hydrogens (tertiary/aromatic N) is 3. The molecule has 5 rings (SSSR count). The third kappa shape index (κ3) is 3.01. The molecule has 4 aromatic rings. The van der Waals surface area contributed by atoms with E-state index in [0.717, 1.165) is 40.9 Å². The van der Waals surface area contributed by atoms with E-state index >= 15 is 0 Å². The summed E-state index contributed by atoms with van der Waals surface area (Å²) in [6.07, 6.45) is 4.53. The molecule has 0 radical (unpaired) electrons. The Balaban J connectivity index is 1.44. The smallest absolute Gasteiger partial charge is 0.254 e. The Bertz CT molecular complexity index is 1210. The van der Waals surface area contributed by atoms with E-state index in [4.69, 9.17) is 4.98 Å². The summed E-state index contributed by atoms with van der Waals surface area (Å²) < 4.78 is 0. The van der Waals surface area contributed by atoms with Crippen molar-refractivity contribution in [1.29, 1.82) is 0 Å². The quantitative estimate of drug-likeness (QED) is 0.580. The van der Waals surface area contributed by atoms with Crippen LogP contribution in [0.25, 0.3) is 22.4 Å². The molecule has 0 unspecified atom stereocenters. The minimum Gasteiger partial charge on any atom is -0.346 e. The maximum atomic E-state index is 12.6. The highest BCUT2D eigenvalue weighted by Crippen LogP contribution is 2.23. The van der Waals surface area contributed by atoms with Crippen LogP contribution in [0.3, 0.4) is 0 Å². The van der Waals surface area contributed by atoms with Crippen LogP contribution < -0.4 is 5.56 Å². The van der Waals surface area contributed by atoms with Crippen molar-refractivity contribution in [3.05, 3.63) is 81.5 Å². The molecule has 0 spiro atoms. The lowest BCUT2D eigenvalue weighted by molar-refractivity contribution is 0.241. The topological polar surface area (TPSA) is 77.7 Å². The average Bonchev–Trinajstić information content (AvgIpc) is 3.11. The summed E-state index contributed by atoms with van der Waals surface area (Å²) in [5.41, 5.74) is 5.92. The molecule has 0 atom stereocenters. The standard InChI is InChI=1S/C22H21N5O/c1-14-4-6-15(7-5-14)20-25-19-13-27(10-8-18(19)22(28)26-20)12-16-11-24-21-17(16)3-2-9-23-21/h2-7,9,11H,8,10,12-13H2,1H3,(H,23,24)(H,25,26,28). The van der Waals surface area contributed by atoms with Gasteiger partial charge in [0.15, 0.2) is 0 Å². The zero-order valence-corrected chi connectivity index (χ0v) is 15.7. The van der Waals surface area contributed by atoms with Crippen molar-refractivity contribution >= 4 is 11.0 Å². The van der Waals surface area contributed by atoms with Crippen LogP contribution in [-0.2, 0) is 19.5 Å². The Morgan fingerprint density at radius 2 is 2.04 bits per heavy atom. The average molecular weight is 371 g/mol. The van der Waals surface area contributed by atoms with E-state index < -0.39 is 0 Å². The van der Waals surface area contributed by atoms with Crippen LogP contribution in [0, 0.1) is 6.92 Å². The van der Waals surface area contributed by atoms with E-state index in [1.807, 2.05) is 43.5 Å². The van der Waals surface area contributed by atoms with Gasteiger partial charge in [-0.15, -0.1) is 0 Å². The molecule has 28 heavy (non-hydrogen) atoms. The minimum atomic E-state index is -0.0171. The number of aromatic amines is 2. The number of aryl methyl sites for hydroxylation is 1. The molecule has 1 aliphatic rings. The van der Waals surface area contributed by atoms with Gasteiger partial charge in [0, 0.05) is 48.5 Å². The second-order valence-corrected chi connectivity index (χ2v) is 7.38. The molecule has 140 valence electrons. The van der Waals surface area contributed by atoms with E-state index in [2.05, 4.69) is 25.9 Å². The molecule has 6 nitrogen and oxygen atoms in total. The number of benzene rings is 1. The monoisotopic (exact) mass is 371 g/mol. The van der Waals surface area contributed by atoms with Crippen molar-refractivity contribution in [2.24, 2.45) is 0 Å². The predicted molar refractivity (Wildman–Crippen MR) is 109 cm³/mol. The van der Waals surface area contributed by atoms with E-state index in [0.29, 0.717) is 18.8 Å². The number of rotatable bonds is 3. The summed E-state index contributed by atoms with van der Waals surface area (Å²) in [4.78, 5) is 30.3. The molecule has 0 aliphatic carbocycles. The van der Waals surface area contributed by atoms with Gasteiger partial charge in [-0.25, -0.2) is 9.97 Å². The number of hydrogen-bond donors (Lipinski definition) is 2. The van der Waals surface area contributed by atoms with Crippen LogP contribution in [0.4, 0.5) is 0 Å². The molecule has 3 aromatic heterocycles. The van der Waals surface area contributed by atoms with Crippen molar-refractivity contribution in [3.63, 3.8) is 0 Å². The molecule has 4 heterocycles. The largest absolute Gasteiger partial charge is 0.346 e. The number of H-pyrrole nitrogens is 2. The molecule has 2 N–H and O–H groups in total. The normalized spacial score (nSPS) is 14.3. The fraction of sp³-hybridized carbons (Fsp3) is 0.227. The molecule has 0 saturated carbocycles. The summed E-state index contributed by atoms with van der Waals surface area (Å²) in [5, 5.41) is 1.15. The lowest BCUT2D eigenvalue weighted by Crippen LogP contribution is -2.35. The zero-order chi connectivity index (χ0) is 19.1. The highest BCUT2D eigenvalue weighted by atomic mass is 16.1. The second-order valence-electron chi connectivity index (χ2n) is 7.38. The molecule has 0 fully saturated rings. The number of pyridine rings is 1. The molecule has 1 aromatic carbocycles. The summed E-state index contributed by atoms with van der Waals surface area (Å²) in [5.74, 6) is 0.641. The Morgan fingerprint density at radius 1 is 1.18 bits per heavy atom. The Hall–Kier alpha value is -3.25. The zero-order valence-electron chi connectivity index (χ0n) is 15.7. The number of aromatic nitrogens is 4. The summed E-state index contributed by atoms with van der Waals surface area (Å²) in [6, 6.07) is 12.1. The van der Waals surface area contributed by atoms with E-state index in [1.54, 1.807) is 6.20 Å². The molecular weight excluding hydrogens is 350 g/mol. The van der Waals surface area contributed by atoms with Crippen LogP contribution in [0.1, 0.15) is 22.4 Å². The highest BCUT2D eigenvalue weighted by molar-refractivity contribution is 5.79. The third-order valence-corrected chi connectivity index (χ3v) is 5.41. The van der Waals surface area contributed by atoms with Crippen molar-refractivity contribution in [1.82, 2.24) is 24.8 Å². The van der Waals surface area contributed by atoms with Crippen LogP contribution >= 0.6 is 0 Å². The Morgan fingerprint density at radius 3 is 2.89 bits per heavy atom. The SMILES string of the molecule is Cc1ccc(-c2nc3c(c(=O)[nH]2)CCN(Cc2c[nH]c4ncccc24)C3)cc1. The Kier molecular flexibility index (Phi) is 4.06. The van der Waals surface area contributed by atoms with E-state index in [1.165, 1.54) is 11.1 Å². The number of fused-ring (bicyclic) bond motifs is 2. The van der Waals surface area contributed by atoms with Gasteiger partial charge in [-0.05, 0) is 31.0 Å². The molecule has 1 aliphatic heterocycles. The van der Waals surface area contributed by atoms with Gasteiger partial charge in [-0.2, -0.15) is 0 Å². The van der Waals surface area contributed by atoms with Crippen molar-refractivity contribution in [2.75, 3.05) is 6.54 Å². The summed E-state index contributed by atoms with van der Waals surface area (Å²) >= 11 is 0. The summed E-state index contributed by atoms with van der Waals surface area (Å²) in [6.45, 7) is 4.37. The van der Waals surface area contributed by atoms with E-state index in [-0.39, 0.29) is 5.56 Å². The van der Waals surface area contributed by atoms with Gasteiger partial charge in [0.25, 0.3) is 5.56 Å². The third-order valence-electron chi connectivity index (χ3n) is 5.41. The molecule has 0 saturated heterocycles. The van der Waals surface area contributed by atoms with Crippen molar-refractivity contribution in [3.8, 4) is 11.4 Å². The molecule has 6 heteroatoms. The lowest BCUT2D eigenvalue weighted by atomic mass is 10.0. The van der Waals surface area contributed by atoms with Gasteiger partial charge < -0.3 is 9.97 Å². The molecule has 0 bridgehead atoms. The fourth-order valence-corrected chi connectivity index (χ4v) is 3.86. The van der Waals surface area contributed by atoms with Gasteiger partial charge in [0.1, 0.15) is 11.5 Å².